The van der Waals surface area contributed by atoms with E-state index >= 15 is 0 Å². The van der Waals surface area contributed by atoms with E-state index in [1.807, 2.05) is 13.0 Å². The Morgan fingerprint density at radius 3 is 2.62 bits per heavy atom. The first-order chi connectivity index (χ1) is 7.90. The van der Waals surface area contributed by atoms with Crippen LogP contribution in [0.3, 0.4) is 0 Å². The van der Waals surface area contributed by atoms with Crippen LogP contribution in [0.25, 0.3) is 5.57 Å². The van der Waals surface area contributed by atoms with E-state index in [2.05, 4.69) is 48.4 Å². The molecule has 0 aliphatic heterocycles. The van der Waals surface area contributed by atoms with Gasteiger partial charge in [-0.05, 0) is 17.2 Å². The summed E-state index contributed by atoms with van der Waals surface area (Å²) >= 11 is 0. The standard InChI is InChI=1S/C15H15O/c1-2-16-12-13-8-10-15(11-9-13)14-6-4-3-5-7-14/h3-8,10-11H,2,9H2,1H3/q+1. The van der Waals surface area contributed by atoms with Crippen LogP contribution in [0.4, 0.5) is 0 Å². The van der Waals surface area contributed by atoms with Gasteiger partial charge < -0.3 is 0 Å². The van der Waals surface area contributed by atoms with Crippen LogP contribution in [-0.2, 0) is 4.42 Å². The van der Waals surface area contributed by atoms with Crippen molar-refractivity contribution >= 4 is 11.5 Å². The maximum absolute atomic E-state index is 5.15. The molecule has 16 heavy (non-hydrogen) atoms. The molecular formula is C15H15O+. The minimum atomic E-state index is 0.673. The van der Waals surface area contributed by atoms with Crippen LogP contribution in [0.1, 0.15) is 18.9 Å². The smallest absolute Gasteiger partial charge is 0.204 e. The number of allylic oxidation sites excluding steroid dienone is 5. The molecule has 0 spiro atoms. The van der Waals surface area contributed by atoms with Crippen molar-refractivity contribution in [2.24, 2.45) is 0 Å². The molecule has 0 atom stereocenters. The van der Waals surface area contributed by atoms with Gasteiger partial charge in [-0.25, -0.2) is 4.42 Å². The fraction of sp³-hybridized carbons (Fsp3) is 0.200. The molecule has 1 aliphatic carbocycles. The van der Waals surface area contributed by atoms with Crippen LogP contribution >= 0.6 is 0 Å². The second-order valence-electron chi connectivity index (χ2n) is 3.62. The van der Waals surface area contributed by atoms with Crippen molar-refractivity contribution in [3.8, 4) is 0 Å². The minimum absolute atomic E-state index is 0.673. The van der Waals surface area contributed by atoms with Gasteiger partial charge in [0.05, 0.1) is 5.57 Å². The molecule has 80 valence electrons. The molecule has 1 aromatic rings. The molecular weight excluding hydrogens is 196 g/mol. The number of hydrogen-bond donors (Lipinski definition) is 0. The van der Waals surface area contributed by atoms with Crippen LogP contribution in [-0.4, -0.2) is 12.5 Å². The van der Waals surface area contributed by atoms with Crippen LogP contribution in [0.5, 0.6) is 0 Å². The van der Waals surface area contributed by atoms with Crippen molar-refractivity contribution in [3.63, 3.8) is 0 Å². The highest BCUT2D eigenvalue weighted by Gasteiger charge is 2.05. The summed E-state index contributed by atoms with van der Waals surface area (Å²) in [6.45, 7) is 2.64. The highest BCUT2D eigenvalue weighted by molar-refractivity contribution is 5.78. The first-order valence-corrected chi connectivity index (χ1v) is 5.57. The Hall–Kier alpha value is -1.85. The van der Waals surface area contributed by atoms with E-state index in [4.69, 9.17) is 4.42 Å². The molecule has 0 unspecified atom stereocenters. The van der Waals surface area contributed by atoms with E-state index in [0.29, 0.717) is 6.61 Å². The molecule has 0 saturated carbocycles. The van der Waals surface area contributed by atoms with Gasteiger partial charge in [0.2, 0.25) is 0 Å². The normalized spacial score (nSPS) is 14.3. The van der Waals surface area contributed by atoms with Gasteiger partial charge in [0.25, 0.3) is 6.61 Å². The summed E-state index contributed by atoms with van der Waals surface area (Å²) in [5.74, 6) is 2.93. The van der Waals surface area contributed by atoms with Crippen molar-refractivity contribution in [1.29, 1.82) is 0 Å². The van der Waals surface area contributed by atoms with E-state index in [1.54, 1.807) is 0 Å². The van der Waals surface area contributed by atoms with E-state index in [-0.39, 0.29) is 0 Å². The lowest BCUT2D eigenvalue weighted by Gasteiger charge is -2.06. The predicted molar refractivity (Wildman–Crippen MR) is 67.9 cm³/mol. The number of carbonyl (C=O) groups excluding carboxylic acids is 1. The molecule has 0 radical (unpaired) electrons. The zero-order chi connectivity index (χ0) is 11.2. The summed E-state index contributed by atoms with van der Waals surface area (Å²) in [5, 5.41) is 0. The average Bonchev–Trinajstić information content (AvgIpc) is 2.38. The average molecular weight is 211 g/mol. The SMILES string of the molecule is CC[O+]=C=C1C=CC(c2ccccc2)=CC1. The van der Waals surface area contributed by atoms with Crippen molar-refractivity contribution in [1.82, 2.24) is 0 Å². The third-order valence-electron chi connectivity index (χ3n) is 2.46. The lowest BCUT2D eigenvalue weighted by Crippen LogP contribution is -1.89. The monoisotopic (exact) mass is 211 g/mol. The topological polar surface area (TPSA) is 11.3 Å². The lowest BCUT2D eigenvalue weighted by molar-refractivity contribution is 0.127. The molecule has 1 heteroatoms. The first-order valence-electron chi connectivity index (χ1n) is 5.57. The molecule has 0 N–H and O–H groups in total. The summed E-state index contributed by atoms with van der Waals surface area (Å²) in [6, 6.07) is 10.4. The lowest BCUT2D eigenvalue weighted by atomic mass is 9.98. The fourth-order valence-electron chi connectivity index (χ4n) is 1.63. The second kappa shape index (κ2) is 5.29. The zero-order valence-corrected chi connectivity index (χ0v) is 9.44. The fourth-order valence-corrected chi connectivity index (χ4v) is 1.63. The van der Waals surface area contributed by atoms with Crippen LogP contribution in [0.15, 0.2) is 54.1 Å². The van der Waals surface area contributed by atoms with Crippen LogP contribution in [0, 0.1) is 0 Å². The Labute approximate surface area is 96.1 Å². The van der Waals surface area contributed by atoms with Gasteiger partial charge in [-0.1, -0.05) is 42.5 Å². The maximum Gasteiger partial charge on any atom is 0.348 e. The summed E-state index contributed by atoms with van der Waals surface area (Å²) in [5.41, 5.74) is 3.62. The highest BCUT2D eigenvalue weighted by atomic mass is 16.4. The Morgan fingerprint density at radius 2 is 2.00 bits per heavy atom. The third kappa shape index (κ3) is 2.59. The van der Waals surface area contributed by atoms with Gasteiger partial charge in [-0.3, -0.25) is 0 Å². The van der Waals surface area contributed by atoms with Gasteiger partial charge in [-0.2, -0.15) is 0 Å². The Kier molecular flexibility index (Phi) is 3.53. The largest absolute Gasteiger partial charge is 0.348 e. The van der Waals surface area contributed by atoms with E-state index < -0.39 is 0 Å². The van der Waals surface area contributed by atoms with Gasteiger partial charge in [-0.15, -0.1) is 0 Å². The second-order valence-corrected chi connectivity index (χ2v) is 3.62. The van der Waals surface area contributed by atoms with E-state index in [1.165, 1.54) is 11.1 Å². The summed E-state index contributed by atoms with van der Waals surface area (Å²) < 4.78 is 5.15. The van der Waals surface area contributed by atoms with E-state index in [0.717, 1.165) is 12.0 Å². The molecule has 1 aromatic carbocycles. The van der Waals surface area contributed by atoms with E-state index in [9.17, 15) is 0 Å². The van der Waals surface area contributed by atoms with Crippen molar-refractivity contribution < 1.29 is 4.42 Å². The molecule has 2 rings (SSSR count). The Bertz CT molecular complexity index is 471. The molecule has 0 heterocycles. The predicted octanol–water partition coefficient (Wildman–Crippen LogP) is 3.34. The summed E-state index contributed by atoms with van der Waals surface area (Å²) in [4.78, 5) is 0. The Morgan fingerprint density at radius 1 is 1.19 bits per heavy atom. The van der Waals surface area contributed by atoms with Crippen molar-refractivity contribution in [2.45, 2.75) is 13.3 Å². The third-order valence-corrected chi connectivity index (χ3v) is 2.46. The molecule has 1 aliphatic rings. The molecule has 0 aromatic heterocycles. The van der Waals surface area contributed by atoms with Gasteiger partial charge in [0, 0.05) is 13.3 Å². The van der Waals surface area contributed by atoms with Gasteiger partial charge >= 0.3 is 5.94 Å². The number of hydrogen-bond acceptors (Lipinski definition) is 0. The van der Waals surface area contributed by atoms with Crippen molar-refractivity contribution in [3.05, 3.63) is 59.7 Å². The van der Waals surface area contributed by atoms with Gasteiger partial charge in [0.15, 0.2) is 0 Å². The molecule has 1 nitrogen and oxygen atoms in total. The summed E-state index contributed by atoms with van der Waals surface area (Å²) in [7, 11) is 0. The molecule has 0 saturated heterocycles. The maximum atomic E-state index is 5.15. The van der Waals surface area contributed by atoms with Gasteiger partial charge in [0.1, 0.15) is 0 Å². The number of rotatable bonds is 2. The summed E-state index contributed by atoms with van der Waals surface area (Å²) in [6.07, 6.45) is 7.27. The zero-order valence-electron chi connectivity index (χ0n) is 9.44. The molecule has 0 amide bonds. The molecule has 0 fully saturated rings. The number of benzene rings is 1. The van der Waals surface area contributed by atoms with Crippen LogP contribution in [0.2, 0.25) is 0 Å². The minimum Gasteiger partial charge on any atom is -0.204 e. The highest BCUT2D eigenvalue weighted by Crippen LogP contribution is 2.22. The molecule has 0 bridgehead atoms. The first kappa shape index (κ1) is 10.7. The van der Waals surface area contributed by atoms with Crippen molar-refractivity contribution in [2.75, 3.05) is 6.61 Å². The quantitative estimate of drug-likeness (QED) is 0.525. The Balaban J connectivity index is 2.17. The van der Waals surface area contributed by atoms with Crippen LogP contribution < -0.4 is 0 Å².